The second-order valence-corrected chi connectivity index (χ2v) is 5.60. The summed E-state index contributed by atoms with van der Waals surface area (Å²) in [6.07, 6.45) is 5.10. The van der Waals surface area contributed by atoms with Crippen LogP contribution in [0.5, 0.6) is 0 Å². The summed E-state index contributed by atoms with van der Waals surface area (Å²) in [4.78, 5) is -0.204. The fraction of sp³-hybridized carbons (Fsp3) is 0.273. The van der Waals surface area contributed by atoms with E-state index in [0.717, 1.165) is 6.07 Å². The van der Waals surface area contributed by atoms with Crippen LogP contribution in [0.15, 0.2) is 35.2 Å². The van der Waals surface area contributed by atoms with Crippen molar-refractivity contribution in [3.8, 4) is 0 Å². The largest absolute Gasteiger partial charge is 0.395 e. The number of nitrogen functional groups attached to an aromatic ring is 1. The topological polar surface area (TPSA) is 72.2 Å². The fourth-order valence-corrected chi connectivity index (χ4v) is 3.15. The summed E-state index contributed by atoms with van der Waals surface area (Å²) >= 11 is 0. The molecule has 0 heterocycles. The van der Waals surface area contributed by atoms with Gasteiger partial charge in [-0.2, -0.15) is 0 Å². The van der Waals surface area contributed by atoms with E-state index in [1.165, 1.54) is 12.1 Å². The lowest BCUT2D eigenvalue weighted by molar-refractivity contribution is 0.556. The average Bonchev–Trinajstić information content (AvgIpc) is 2.73. The van der Waals surface area contributed by atoms with E-state index in [9.17, 15) is 12.8 Å². The van der Waals surface area contributed by atoms with E-state index < -0.39 is 15.8 Å². The smallest absolute Gasteiger partial charge is 0.242 e. The van der Waals surface area contributed by atoms with Crippen molar-refractivity contribution in [2.75, 3.05) is 5.73 Å². The summed E-state index contributed by atoms with van der Waals surface area (Å²) in [5.41, 5.74) is 5.09. The number of hydrogen-bond acceptors (Lipinski definition) is 3. The molecule has 1 aromatic rings. The molecule has 0 atom stereocenters. The maximum atomic E-state index is 13.2. The Kier molecular flexibility index (Phi) is 3.17. The Bertz CT molecular complexity index is 547. The summed E-state index contributed by atoms with van der Waals surface area (Å²) in [6, 6.07) is 3.59. The van der Waals surface area contributed by atoms with Crippen LogP contribution in [0, 0.1) is 5.82 Å². The van der Waals surface area contributed by atoms with E-state index in [1.54, 1.807) is 0 Å². The van der Waals surface area contributed by atoms with Crippen molar-refractivity contribution in [3.05, 3.63) is 36.2 Å². The molecule has 1 aliphatic rings. The van der Waals surface area contributed by atoms with E-state index in [4.69, 9.17) is 5.73 Å². The molecule has 17 heavy (non-hydrogen) atoms. The molecule has 3 N–H and O–H groups in total. The highest BCUT2D eigenvalue weighted by molar-refractivity contribution is 7.89. The predicted octanol–water partition coefficient (Wildman–Crippen LogP) is 1.40. The molecule has 0 radical (unpaired) electrons. The first-order valence-corrected chi connectivity index (χ1v) is 6.70. The Balaban J connectivity index is 2.28. The van der Waals surface area contributed by atoms with Gasteiger partial charge in [0.1, 0.15) is 10.7 Å². The van der Waals surface area contributed by atoms with Gasteiger partial charge in [0.2, 0.25) is 10.0 Å². The monoisotopic (exact) mass is 256 g/mol. The first kappa shape index (κ1) is 12.1. The molecule has 0 aliphatic heterocycles. The number of sulfonamides is 1. The van der Waals surface area contributed by atoms with Crippen molar-refractivity contribution in [1.82, 2.24) is 4.72 Å². The third-order valence-electron chi connectivity index (χ3n) is 2.63. The number of nitrogens with two attached hydrogens (primary N) is 1. The molecule has 0 spiro atoms. The zero-order chi connectivity index (χ0) is 12.5. The van der Waals surface area contributed by atoms with Crippen LogP contribution in [0.25, 0.3) is 0 Å². The zero-order valence-electron chi connectivity index (χ0n) is 9.06. The van der Waals surface area contributed by atoms with Crippen molar-refractivity contribution >= 4 is 15.7 Å². The van der Waals surface area contributed by atoms with Gasteiger partial charge in [-0.05, 0) is 25.0 Å². The molecule has 1 aliphatic carbocycles. The Labute approximate surface area is 99.4 Å². The Morgan fingerprint density at radius 1 is 1.29 bits per heavy atom. The van der Waals surface area contributed by atoms with Gasteiger partial charge in [-0.1, -0.05) is 18.2 Å². The molecule has 0 aromatic heterocycles. The lowest BCUT2D eigenvalue weighted by Gasteiger charge is -2.14. The summed E-state index contributed by atoms with van der Waals surface area (Å²) in [5.74, 6) is -0.725. The molecular weight excluding hydrogens is 243 g/mol. The molecule has 2 rings (SSSR count). The van der Waals surface area contributed by atoms with E-state index in [1.807, 2.05) is 12.2 Å². The van der Waals surface area contributed by atoms with Crippen molar-refractivity contribution in [1.29, 1.82) is 0 Å². The van der Waals surface area contributed by atoms with Crippen LogP contribution in [0.1, 0.15) is 12.8 Å². The highest BCUT2D eigenvalue weighted by Crippen LogP contribution is 2.22. The minimum Gasteiger partial charge on any atom is -0.395 e. The Morgan fingerprint density at radius 2 is 1.94 bits per heavy atom. The molecule has 0 amide bonds. The fourth-order valence-electron chi connectivity index (χ4n) is 1.75. The van der Waals surface area contributed by atoms with Gasteiger partial charge in [0, 0.05) is 6.04 Å². The van der Waals surface area contributed by atoms with Crippen LogP contribution in [0.4, 0.5) is 10.1 Å². The van der Waals surface area contributed by atoms with E-state index in [0.29, 0.717) is 12.8 Å². The quantitative estimate of drug-likeness (QED) is 0.634. The molecular formula is C11H13FN2O2S. The summed E-state index contributed by atoms with van der Waals surface area (Å²) < 4.78 is 39.6. The highest BCUT2D eigenvalue weighted by atomic mass is 32.2. The third kappa shape index (κ3) is 2.48. The number of hydrogen-bond donors (Lipinski definition) is 2. The lowest BCUT2D eigenvalue weighted by Crippen LogP contribution is -2.33. The van der Waals surface area contributed by atoms with Crippen LogP contribution in [-0.4, -0.2) is 14.5 Å². The van der Waals surface area contributed by atoms with Gasteiger partial charge in [-0.3, -0.25) is 0 Å². The van der Waals surface area contributed by atoms with Crippen molar-refractivity contribution < 1.29 is 12.8 Å². The Morgan fingerprint density at radius 3 is 2.59 bits per heavy atom. The maximum Gasteiger partial charge on any atom is 0.242 e. The molecule has 4 nitrogen and oxygen atoms in total. The normalized spacial score (nSPS) is 16.5. The molecule has 1 aromatic carbocycles. The number of halogens is 1. The highest BCUT2D eigenvalue weighted by Gasteiger charge is 2.23. The van der Waals surface area contributed by atoms with Crippen LogP contribution < -0.4 is 10.5 Å². The second kappa shape index (κ2) is 4.46. The molecule has 0 saturated carbocycles. The molecule has 0 fully saturated rings. The van der Waals surface area contributed by atoms with E-state index in [-0.39, 0.29) is 16.6 Å². The van der Waals surface area contributed by atoms with Crippen molar-refractivity contribution in [2.24, 2.45) is 0 Å². The van der Waals surface area contributed by atoms with Crippen LogP contribution in [0.2, 0.25) is 0 Å². The molecule has 0 unspecified atom stereocenters. The first-order chi connectivity index (χ1) is 8.00. The third-order valence-corrected chi connectivity index (χ3v) is 4.21. The zero-order valence-corrected chi connectivity index (χ0v) is 9.87. The average molecular weight is 256 g/mol. The SMILES string of the molecule is Nc1c(F)cccc1S(=O)(=O)NC1CC=CC1. The van der Waals surface area contributed by atoms with Gasteiger partial charge in [0.05, 0.1) is 5.69 Å². The first-order valence-electron chi connectivity index (χ1n) is 5.22. The molecule has 0 bridgehead atoms. The Hall–Kier alpha value is -1.40. The number of nitrogens with one attached hydrogen (secondary N) is 1. The van der Waals surface area contributed by atoms with Gasteiger partial charge in [0.15, 0.2) is 0 Å². The molecule has 0 saturated heterocycles. The lowest BCUT2D eigenvalue weighted by atomic mass is 10.3. The summed E-state index contributed by atoms with van der Waals surface area (Å²) in [6.45, 7) is 0. The minimum atomic E-state index is -3.75. The second-order valence-electron chi connectivity index (χ2n) is 3.91. The van der Waals surface area contributed by atoms with Gasteiger partial charge in [-0.25, -0.2) is 17.5 Å². The summed E-state index contributed by atoms with van der Waals surface area (Å²) in [5, 5.41) is 0. The van der Waals surface area contributed by atoms with Crippen molar-refractivity contribution in [2.45, 2.75) is 23.8 Å². The number of rotatable bonds is 3. The van der Waals surface area contributed by atoms with Gasteiger partial charge < -0.3 is 5.73 Å². The van der Waals surface area contributed by atoms with Crippen LogP contribution in [-0.2, 0) is 10.0 Å². The molecule has 92 valence electrons. The number of benzene rings is 1. The van der Waals surface area contributed by atoms with Crippen LogP contribution >= 0.6 is 0 Å². The summed E-state index contributed by atoms with van der Waals surface area (Å²) in [7, 11) is -3.75. The maximum absolute atomic E-state index is 13.2. The van der Waals surface area contributed by atoms with Gasteiger partial charge >= 0.3 is 0 Å². The predicted molar refractivity (Wildman–Crippen MR) is 63.3 cm³/mol. The van der Waals surface area contributed by atoms with Crippen LogP contribution in [0.3, 0.4) is 0 Å². The van der Waals surface area contributed by atoms with Gasteiger partial charge in [-0.15, -0.1) is 0 Å². The number of para-hydroxylation sites is 1. The van der Waals surface area contributed by atoms with E-state index >= 15 is 0 Å². The van der Waals surface area contributed by atoms with E-state index in [2.05, 4.69) is 4.72 Å². The minimum absolute atomic E-state index is 0.164. The van der Waals surface area contributed by atoms with Crippen molar-refractivity contribution in [3.63, 3.8) is 0 Å². The molecule has 6 heteroatoms. The number of anilines is 1. The van der Waals surface area contributed by atoms with Gasteiger partial charge in [0.25, 0.3) is 0 Å². The standard InChI is InChI=1S/C11H13FN2O2S/c12-9-6-3-7-10(11(9)13)17(15,16)14-8-4-1-2-5-8/h1-3,6-8,14H,4-5,13H2.